The van der Waals surface area contributed by atoms with Gasteiger partial charge >= 0.3 is 5.97 Å². The average Bonchev–Trinajstić information content (AvgIpc) is 3.28. The first-order chi connectivity index (χ1) is 13.0. The Labute approximate surface area is 155 Å². The zero-order valence-electron chi connectivity index (χ0n) is 14.8. The lowest BCUT2D eigenvalue weighted by molar-refractivity contribution is -0.141. The maximum Gasteiger partial charge on any atom is 0.306 e. The third-order valence-electron chi connectivity index (χ3n) is 5.06. The number of carboxylic acid groups (broad SMARTS) is 1. The predicted octanol–water partition coefficient (Wildman–Crippen LogP) is 2.11. The number of hydrogen-bond donors (Lipinski definition) is 2. The van der Waals surface area contributed by atoms with Gasteiger partial charge < -0.3 is 10.4 Å². The second-order valence-electron chi connectivity index (χ2n) is 6.83. The Morgan fingerprint density at radius 1 is 1.26 bits per heavy atom. The molecule has 2 heterocycles. The van der Waals surface area contributed by atoms with E-state index in [2.05, 4.69) is 20.6 Å². The van der Waals surface area contributed by atoms with Gasteiger partial charge in [-0.2, -0.15) is 0 Å². The van der Waals surface area contributed by atoms with Gasteiger partial charge in [-0.25, -0.2) is 4.68 Å². The number of benzene rings is 1. The van der Waals surface area contributed by atoms with E-state index in [1.807, 2.05) is 30.3 Å². The Morgan fingerprint density at radius 2 is 2.11 bits per heavy atom. The van der Waals surface area contributed by atoms with Crippen molar-refractivity contribution in [2.45, 2.75) is 32.2 Å². The third kappa shape index (κ3) is 3.25. The van der Waals surface area contributed by atoms with Crippen molar-refractivity contribution in [3.05, 3.63) is 47.9 Å². The molecule has 138 valence electrons. The number of rotatable bonds is 4. The Hall–Kier alpha value is -3.29. The van der Waals surface area contributed by atoms with E-state index in [1.54, 1.807) is 17.8 Å². The molecule has 0 radical (unpaired) electrons. The summed E-state index contributed by atoms with van der Waals surface area (Å²) in [6, 6.07) is 9.41. The largest absolute Gasteiger partial charge is 0.481 e. The van der Waals surface area contributed by atoms with Gasteiger partial charge in [0.05, 0.1) is 22.8 Å². The molecule has 3 aromatic rings. The van der Waals surface area contributed by atoms with Crippen LogP contribution in [-0.4, -0.2) is 43.0 Å². The number of nitrogens with one attached hydrogen (secondary N) is 1. The number of carbonyl (C=O) groups is 2. The van der Waals surface area contributed by atoms with Crippen molar-refractivity contribution in [3.63, 3.8) is 0 Å². The van der Waals surface area contributed by atoms with Crippen molar-refractivity contribution in [2.24, 2.45) is 5.92 Å². The lowest BCUT2D eigenvalue weighted by Gasteiger charge is -2.11. The molecule has 0 bridgehead atoms. The molecule has 2 aromatic heterocycles. The lowest BCUT2D eigenvalue weighted by atomic mass is 10.1. The van der Waals surface area contributed by atoms with E-state index < -0.39 is 11.9 Å². The molecule has 2 atom stereocenters. The van der Waals surface area contributed by atoms with Crippen LogP contribution in [0.2, 0.25) is 0 Å². The second kappa shape index (κ2) is 6.79. The summed E-state index contributed by atoms with van der Waals surface area (Å²) in [7, 11) is 0. The highest BCUT2D eigenvalue weighted by atomic mass is 16.4. The maximum absolute atomic E-state index is 12.6. The molecule has 8 heteroatoms. The normalized spacial score (nSPS) is 19.3. The van der Waals surface area contributed by atoms with Crippen molar-refractivity contribution in [3.8, 4) is 5.69 Å². The van der Waals surface area contributed by atoms with Crippen molar-refractivity contribution in [2.75, 3.05) is 0 Å². The molecule has 0 saturated heterocycles. The monoisotopic (exact) mass is 365 g/mol. The van der Waals surface area contributed by atoms with E-state index in [0.29, 0.717) is 25.0 Å². The number of fused-ring (bicyclic) bond motifs is 1. The highest BCUT2D eigenvalue weighted by Crippen LogP contribution is 2.26. The van der Waals surface area contributed by atoms with Gasteiger partial charge in [0.1, 0.15) is 0 Å². The van der Waals surface area contributed by atoms with Crippen LogP contribution in [0.3, 0.4) is 0 Å². The van der Waals surface area contributed by atoms with Crippen molar-refractivity contribution >= 4 is 22.8 Å². The van der Waals surface area contributed by atoms with Crippen LogP contribution < -0.4 is 5.32 Å². The fourth-order valence-corrected chi connectivity index (χ4v) is 3.57. The molecule has 1 aliphatic rings. The van der Waals surface area contributed by atoms with E-state index >= 15 is 0 Å². The topological polar surface area (TPSA) is 110 Å². The number of nitrogens with zero attached hydrogens (tertiary/aromatic N) is 4. The molecule has 1 fully saturated rings. The highest BCUT2D eigenvalue weighted by molar-refractivity contribution is 5.93. The minimum Gasteiger partial charge on any atom is -0.481 e. The van der Waals surface area contributed by atoms with Gasteiger partial charge in [-0.15, -0.1) is 5.10 Å². The summed E-state index contributed by atoms with van der Waals surface area (Å²) in [6.45, 7) is 1.79. The molecule has 0 aliphatic heterocycles. The Kier molecular flexibility index (Phi) is 4.31. The molecule has 2 N–H and O–H groups in total. The Bertz CT molecular complexity index is 1030. The first-order valence-electron chi connectivity index (χ1n) is 8.84. The van der Waals surface area contributed by atoms with E-state index in [9.17, 15) is 9.59 Å². The van der Waals surface area contributed by atoms with Crippen LogP contribution in [0.1, 0.15) is 35.4 Å². The zero-order chi connectivity index (χ0) is 19.0. The minimum absolute atomic E-state index is 0.144. The summed E-state index contributed by atoms with van der Waals surface area (Å²) in [5.74, 6) is -1.52. The van der Waals surface area contributed by atoms with Crippen LogP contribution >= 0.6 is 0 Å². The summed E-state index contributed by atoms with van der Waals surface area (Å²) in [4.78, 5) is 27.9. The first-order valence-corrected chi connectivity index (χ1v) is 8.84. The number of carbonyl (C=O) groups excluding carboxylic acids is 1. The number of aromatic nitrogens is 4. The van der Waals surface area contributed by atoms with Crippen LogP contribution in [0.4, 0.5) is 0 Å². The first kappa shape index (κ1) is 17.1. The molecule has 1 saturated carbocycles. The zero-order valence-corrected chi connectivity index (χ0v) is 14.8. The minimum atomic E-state index is -0.806. The second-order valence-corrected chi connectivity index (χ2v) is 6.83. The smallest absolute Gasteiger partial charge is 0.306 e. The maximum atomic E-state index is 12.6. The van der Waals surface area contributed by atoms with Crippen LogP contribution in [0, 0.1) is 12.8 Å². The third-order valence-corrected chi connectivity index (χ3v) is 5.06. The van der Waals surface area contributed by atoms with Gasteiger partial charge in [-0.05, 0) is 50.5 Å². The van der Waals surface area contributed by atoms with E-state index in [-0.39, 0.29) is 17.6 Å². The van der Waals surface area contributed by atoms with Gasteiger partial charge in [-0.1, -0.05) is 11.3 Å². The van der Waals surface area contributed by atoms with Gasteiger partial charge in [0, 0.05) is 17.6 Å². The summed E-state index contributed by atoms with van der Waals surface area (Å²) >= 11 is 0. The molecule has 1 aromatic carbocycles. The number of pyridine rings is 1. The fourth-order valence-electron chi connectivity index (χ4n) is 3.57. The molecule has 0 spiro atoms. The molecule has 1 amide bonds. The van der Waals surface area contributed by atoms with Gasteiger partial charge in [0.25, 0.3) is 5.91 Å². The molecular formula is C19H19N5O3. The van der Waals surface area contributed by atoms with Crippen molar-refractivity contribution < 1.29 is 14.7 Å². The van der Waals surface area contributed by atoms with Crippen LogP contribution in [0.5, 0.6) is 0 Å². The Balaban J connectivity index is 1.54. The van der Waals surface area contributed by atoms with Gasteiger partial charge in [-0.3, -0.25) is 14.6 Å². The number of hydrogen-bond acceptors (Lipinski definition) is 5. The van der Waals surface area contributed by atoms with E-state index in [4.69, 9.17) is 5.11 Å². The molecule has 4 rings (SSSR count). The molecule has 0 unspecified atom stereocenters. The molecular weight excluding hydrogens is 346 g/mol. The number of amides is 1. The standard InChI is InChI=1S/C19H19N5O3/c1-11-17(18(25)21-14-5-4-13(9-14)19(26)27)22-23-24(11)15-6-7-16-12(10-15)3-2-8-20-16/h2-3,6-8,10,13-14H,4-5,9H2,1H3,(H,21,25)(H,26,27)/t13-,14+/m1/s1. The fraction of sp³-hybridized carbons (Fsp3) is 0.316. The van der Waals surface area contributed by atoms with Crippen LogP contribution in [0.15, 0.2) is 36.5 Å². The lowest BCUT2D eigenvalue weighted by Crippen LogP contribution is -2.34. The van der Waals surface area contributed by atoms with E-state index in [0.717, 1.165) is 16.6 Å². The highest BCUT2D eigenvalue weighted by Gasteiger charge is 2.31. The van der Waals surface area contributed by atoms with E-state index in [1.165, 1.54) is 0 Å². The SMILES string of the molecule is Cc1c(C(=O)N[C@H]2CC[C@@H](C(=O)O)C2)nnn1-c1ccc2ncccc2c1. The van der Waals surface area contributed by atoms with Crippen LogP contribution in [-0.2, 0) is 4.79 Å². The van der Waals surface area contributed by atoms with Crippen molar-refractivity contribution in [1.29, 1.82) is 0 Å². The average molecular weight is 365 g/mol. The molecule has 1 aliphatic carbocycles. The number of carboxylic acids is 1. The molecule has 27 heavy (non-hydrogen) atoms. The number of aliphatic carboxylic acids is 1. The predicted molar refractivity (Wildman–Crippen MR) is 97.6 cm³/mol. The quantitative estimate of drug-likeness (QED) is 0.733. The van der Waals surface area contributed by atoms with Gasteiger partial charge in [0.15, 0.2) is 5.69 Å². The Morgan fingerprint density at radius 3 is 2.89 bits per heavy atom. The summed E-state index contributed by atoms with van der Waals surface area (Å²) < 4.78 is 1.62. The van der Waals surface area contributed by atoms with Crippen LogP contribution in [0.25, 0.3) is 16.6 Å². The summed E-state index contributed by atoms with van der Waals surface area (Å²) in [6.07, 6.45) is 3.43. The van der Waals surface area contributed by atoms with Gasteiger partial charge in [0.2, 0.25) is 0 Å². The summed E-state index contributed by atoms with van der Waals surface area (Å²) in [5.41, 5.74) is 2.56. The summed E-state index contributed by atoms with van der Waals surface area (Å²) in [5, 5.41) is 21.1. The van der Waals surface area contributed by atoms with Crippen molar-refractivity contribution in [1.82, 2.24) is 25.3 Å². The molecule has 8 nitrogen and oxygen atoms in total.